The van der Waals surface area contributed by atoms with Crippen LogP contribution in [-0.4, -0.2) is 17.6 Å². The molecule has 1 heterocycles. The highest BCUT2D eigenvalue weighted by atomic mass is 79.9. The van der Waals surface area contributed by atoms with Crippen LogP contribution in [0.4, 0.5) is 0 Å². The predicted octanol–water partition coefficient (Wildman–Crippen LogP) is 6.70. The van der Waals surface area contributed by atoms with E-state index >= 15 is 0 Å². The van der Waals surface area contributed by atoms with Gasteiger partial charge in [0.25, 0.3) is 0 Å². The summed E-state index contributed by atoms with van der Waals surface area (Å²) in [6, 6.07) is 20.3. The Morgan fingerprint density at radius 2 is 1.77 bits per heavy atom. The summed E-state index contributed by atoms with van der Waals surface area (Å²) >= 11 is 6.90. The fraction of sp³-hybridized carbons (Fsp3) is 0.130. The number of ether oxygens (including phenoxy) is 2. The molecule has 1 unspecified atom stereocenters. The van der Waals surface area contributed by atoms with Crippen molar-refractivity contribution in [2.24, 2.45) is 0 Å². The van der Waals surface area contributed by atoms with Crippen molar-refractivity contribution in [3.8, 4) is 17.2 Å². The Hall–Kier alpha value is -2.64. The minimum atomic E-state index is -0.928. The Morgan fingerprint density at radius 1 is 1.03 bits per heavy atom. The van der Waals surface area contributed by atoms with Crippen LogP contribution in [0.2, 0.25) is 0 Å². The summed E-state index contributed by atoms with van der Waals surface area (Å²) in [7, 11) is 0. The summed E-state index contributed by atoms with van der Waals surface area (Å²) < 4.78 is 19.1. The summed E-state index contributed by atoms with van der Waals surface area (Å²) in [6.07, 6.45) is -0.928. The number of esters is 1. The number of nitrogens with zero attached hydrogens (tertiary/aromatic N) is 1. The van der Waals surface area contributed by atoms with E-state index in [0.717, 1.165) is 14.5 Å². The molecular formula is C23H17Br2NO4. The first-order valence-electron chi connectivity index (χ1n) is 9.29. The van der Waals surface area contributed by atoms with Crippen molar-refractivity contribution in [2.75, 3.05) is 6.61 Å². The molecule has 0 amide bonds. The number of carbonyl (C=O) groups is 1. The maximum atomic E-state index is 12.7. The third kappa shape index (κ3) is 4.42. The molecule has 0 aliphatic rings. The van der Waals surface area contributed by atoms with E-state index in [1.165, 1.54) is 0 Å². The van der Waals surface area contributed by atoms with E-state index < -0.39 is 12.1 Å². The number of rotatable bonds is 6. The Bertz CT molecular complexity index is 1150. The summed E-state index contributed by atoms with van der Waals surface area (Å²) in [5, 5.41) is 0. The Balaban J connectivity index is 1.76. The molecule has 5 nitrogen and oxygen atoms in total. The molecular weight excluding hydrogens is 514 g/mol. The smallest absolute Gasteiger partial charge is 0.352 e. The van der Waals surface area contributed by atoms with Crippen LogP contribution >= 0.6 is 31.9 Å². The molecule has 0 aliphatic heterocycles. The standard InChI is InChI=1S/C23H17Br2NO4/c1-2-28-23(27)21(14-7-9-15(24)10-8-14)29-19-12-11-16(25)13-17(19)22-26-18-5-3-4-6-20(18)30-22/h3-13,21H,2H2,1H3. The zero-order valence-electron chi connectivity index (χ0n) is 16.0. The van der Waals surface area contributed by atoms with Crippen LogP contribution in [-0.2, 0) is 9.53 Å². The van der Waals surface area contributed by atoms with Gasteiger partial charge >= 0.3 is 5.97 Å². The second-order valence-corrected chi connectivity index (χ2v) is 8.26. The number of fused-ring (bicyclic) bond motifs is 1. The maximum Gasteiger partial charge on any atom is 0.352 e. The Morgan fingerprint density at radius 3 is 2.50 bits per heavy atom. The van der Waals surface area contributed by atoms with Gasteiger partial charge in [-0.15, -0.1) is 0 Å². The molecule has 0 saturated heterocycles. The van der Waals surface area contributed by atoms with Crippen molar-refractivity contribution in [3.63, 3.8) is 0 Å². The first-order chi connectivity index (χ1) is 14.5. The van der Waals surface area contributed by atoms with Crippen LogP contribution in [0.25, 0.3) is 22.6 Å². The van der Waals surface area contributed by atoms with Gasteiger partial charge in [0, 0.05) is 14.5 Å². The molecule has 0 bridgehead atoms. The Kier molecular flexibility index (Phi) is 6.20. The van der Waals surface area contributed by atoms with Crippen LogP contribution in [0.15, 0.2) is 80.1 Å². The SMILES string of the molecule is CCOC(=O)C(Oc1ccc(Br)cc1-c1nc2ccccc2o1)c1ccc(Br)cc1. The van der Waals surface area contributed by atoms with Crippen LogP contribution in [0.1, 0.15) is 18.6 Å². The second kappa shape index (κ2) is 9.02. The fourth-order valence-electron chi connectivity index (χ4n) is 2.99. The number of benzene rings is 3. The lowest BCUT2D eigenvalue weighted by atomic mass is 10.1. The average Bonchev–Trinajstić information content (AvgIpc) is 3.18. The topological polar surface area (TPSA) is 61.6 Å². The van der Waals surface area contributed by atoms with E-state index in [0.29, 0.717) is 28.4 Å². The van der Waals surface area contributed by atoms with Gasteiger partial charge in [-0.05, 0) is 49.4 Å². The molecule has 3 aromatic carbocycles. The number of oxazole rings is 1. The number of hydrogen-bond donors (Lipinski definition) is 0. The van der Waals surface area contributed by atoms with Crippen molar-refractivity contribution >= 4 is 48.9 Å². The second-order valence-electron chi connectivity index (χ2n) is 6.43. The predicted molar refractivity (Wildman–Crippen MR) is 121 cm³/mol. The molecule has 0 saturated carbocycles. The lowest BCUT2D eigenvalue weighted by Crippen LogP contribution is -2.21. The quantitative estimate of drug-likeness (QED) is 0.259. The molecule has 0 aliphatic carbocycles. The highest BCUT2D eigenvalue weighted by molar-refractivity contribution is 9.10. The molecule has 1 atom stereocenters. The van der Waals surface area contributed by atoms with E-state index in [1.807, 2.05) is 60.7 Å². The highest BCUT2D eigenvalue weighted by Crippen LogP contribution is 2.37. The minimum absolute atomic E-state index is 0.257. The largest absolute Gasteiger partial charge is 0.473 e. The van der Waals surface area contributed by atoms with Gasteiger partial charge in [0.05, 0.1) is 12.2 Å². The first kappa shape index (κ1) is 20.6. The zero-order valence-corrected chi connectivity index (χ0v) is 19.1. The van der Waals surface area contributed by atoms with Gasteiger partial charge in [-0.1, -0.05) is 56.1 Å². The minimum Gasteiger partial charge on any atom is -0.473 e. The molecule has 0 radical (unpaired) electrons. The van der Waals surface area contributed by atoms with Crippen molar-refractivity contribution in [1.82, 2.24) is 4.98 Å². The Labute approximate surface area is 190 Å². The first-order valence-corrected chi connectivity index (χ1v) is 10.9. The number of halogens is 2. The normalized spacial score (nSPS) is 12.0. The fourth-order valence-corrected chi connectivity index (χ4v) is 3.62. The monoisotopic (exact) mass is 529 g/mol. The van der Waals surface area contributed by atoms with Gasteiger partial charge in [-0.2, -0.15) is 0 Å². The third-order valence-corrected chi connectivity index (χ3v) is 5.41. The highest BCUT2D eigenvalue weighted by Gasteiger charge is 2.26. The van der Waals surface area contributed by atoms with Gasteiger partial charge in [-0.3, -0.25) is 0 Å². The van der Waals surface area contributed by atoms with Crippen molar-refractivity contribution in [1.29, 1.82) is 0 Å². The molecule has 0 N–H and O–H groups in total. The molecule has 0 fully saturated rings. The van der Waals surface area contributed by atoms with E-state index in [2.05, 4.69) is 36.8 Å². The summed E-state index contributed by atoms with van der Waals surface area (Å²) in [5.41, 5.74) is 2.73. The van der Waals surface area contributed by atoms with Gasteiger partial charge < -0.3 is 13.9 Å². The summed E-state index contributed by atoms with van der Waals surface area (Å²) in [4.78, 5) is 17.2. The van der Waals surface area contributed by atoms with Crippen LogP contribution in [0.5, 0.6) is 5.75 Å². The van der Waals surface area contributed by atoms with Crippen LogP contribution in [0, 0.1) is 0 Å². The average molecular weight is 531 g/mol. The van der Waals surface area contributed by atoms with Crippen LogP contribution in [0.3, 0.4) is 0 Å². The van der Waals surface area contributed by atoms with Gasteiger partial charge in [0.15, 0.2) is 5.58 Å². The van der Waals surface area contributed by atoms with E-state index in [-0.39, 0.29) is 6.61 Å². The molecule has 4 aromatic rings. The van der Waals surface area contributed by atoms with Crippen molar-refractivity contribution in [2.45, 2.75) is 13.0 Å². The molecule has 152 valence electrons. The van der Waals surface area contributed by atoms with Gasteiger partial charge in [0.1, 0.15) is 11.3 Å². The molecule has 4 rings (SSSR count). The maximum absolute atomic E-state index is 12.7. The van der Waals surface area contributed by atoms with E-state index in [9.17, 15) is 4.79 Å². The molecule has 0 spiro atoms. The number of hydrogen-bond acceptors (Lipinski definition) is 5. The summed E-state index contributed by atoms with van der Waals surface area (Å²) in [5.74, 6) is 0.405. The molecule has 1 aromatic heterocycles. The lowest BCUT2D eigenvalue weighted by molar-refractivity contribution is -0.151. The lowest BCUT2D eigenvalue weighted by Gasteiger charge is -2.19. The van der Waals surface area contributed by atoms with Gasteiger partial charge in [-0.25, -0.2) is 9.78 Å². The summed E-state index contributed by atoms with van der Waals surface area (Å²) in [6.45, 7) is 2.02. The number of para-hydroxylation sites is 2. The van der Waals surface area contributed by atoms with Gasteiger partial charge in [0.2, 0.25) is 12.0 Å². The zero-order chi connectivity index (χ0) is 21.1. The van der Waals surface area contributed by atoms with E-state index in [4.69, 9.17) is 13.9 Å². The van der Waals surface area contributed by atoms with Crippen molar-refractivity contribution < 1.29 is 18.7 Å². The van der Waals surface area contributed by atoms with Crippen LogP contribution < -0.4 is 4.74 Å². The van der Waals surface area contributed by atoms with Crippen molar-refractivity contribution in [3.05, 3.63) is 81.2 Å². The number of aromatic nitrogens is 1. The molecule has 30 heavy (non-hydrogen) atoms. The molecule has 7 heteroatoms. The third-order valence-electron chi connectivity index (χ3n) is 4.38. The van der Waals surface area contributed by atoms with E-state index in [1.54, 1.807) is 13.0 Å². The number of carbonyl (C=O) groups excluding carboxylic acids is 1.